The van der Waals surface area contributed by atoms with Crippen molar-refractivity contribution in [3.8, 4) is 5.75 Å². The number of rotatable bonds is 8. The van der Waals surface area contributed by atoms with Gasteiger partial charge in [0, 0.05) is 28.2 Å². The highest BCUT2D eigenvalue weighted by molar-refractivity contribution is 6.22. The molecule has 5 heteroatoms. The second-order valence-electron chi connectivity index (χ2n) is 8.51. The highest BCUT2D eigenvalue weighted by Crippen LogP contribution is 2.30. The smallest absolute Gasteiger partial charge is 0.339 e. The Balaban J connectivity index is 1.55. The van der Waals surface area contributed by atoms with Crippen molar-refractivity contribution in [3.05, 3.63) is 138 Å². The molecule has 5 aromatic rings. The number of carbonyl (C=O) groups excluding carboxylic acids is 2. The van der Waals surface area contributed by atoms with E-state index in [2.05, 4.69) is 4.98 Å². The average molecular weight is 488 g/mol. The number of Topliss-reactive ketones (excluding diaryl/α,β-unsaturated/α-hetero) is 1. The van der Waals surface area contributed by atoms with Gasteiger partial charge in [0.15, 0.2) is 6.10 Å². The summed E-state index contributed by atoms with van der Waals surface area (Å²) >= 11 is 0. The summed E-state index contributed by atoms with van der Waals surface area (Å²) < 4.78 is 11.4. The van der Waals surface area contributed by atoms with Crippen LogP contribution in [0.1, 0.15) is 33.2 Å². The van der Waals surface area contributed by atoms with Crippen LogP contribution in [0.25, 0.3) is 22.6 Å². The molecule has 0 radical (unpaired) electrons. The third-order valence-corrected chi connectivity index (χ3v) is 6.13. The molecule has 0 aliphatic carbocycles. The number of nitrogens with one attached hydrogen (secondary N) is 1. The minimum absolute atomic E-state index is 0.300. The molecule has 1 heterocycles. The first-order chi connectivity index (χ1) is 18.1. The summed E-state index contributed by atoms with van der Waals surface area (Å²) in [6.07, 6.45) is 2.30. The molecule has 4 aromatic carbocycles. The van der Waals surface area contributed by atoms with Gasteiger partial charge in [-0.05, 0) is 35.4 Å². The Hall–Kier alpha value is -4.90. The minimum Gasteiger partial charge on any atom is -0.497 e. The van der Waals surface area contributed by atoms with Crippen molar-refractivity contribution in [3.63, 3.8) is 0 Å². The predicted octanol–water partition coefficient (Wildman–Crippen LogP) is 6.88. The number of carbonyl (C=O) groups is 2. The van der Waals surface area contributed by atoms with Gasteiger partial charge < -0.3 is 14.5 Å². The minimum atomic E-state index is -1.12. The highest BCUT2D eigenvalue weighted by Gasteiger charge is 2.29. The van der Waals surface area contributed by atoms with Crippen LogP contribution in [0.15, 0.2) is 115 Å². The lowest BCUT2D eigenvalue weighted by molar-refractivity contribution is -0.140. The Morgan fingerprint density at radius 1 is 0.811 bits per heavy atom. The number of fused-ring (bicyclic) bond motifs is 1. The number of ketones is 1. The Morgan fingerprint density at radius 2 is 1.51 bits per heavy atom. The lowest BCUT2D eigenvalue weighted by Gasteiger charge is -2.18. The first kappa shape index (κ1) is 23.8. The molecule has 182 valence electrons. The molecule has 5 nitrogen and oxygen atoms in total. The van der Waals surface area contributed by atoms with E-state index < -0.39 is 12.1 Å². The Morgan fingerprint density at radius 3 is 2.27 bits per heavy atom. The quantitative estimate of drug-likeness (QED) is 0.112. The number of aromatic nitrogens is 1. The van der Waals surface area contributed by atoms with Gasteiger partial charge >= 0.3 is 5.97 Å². The van der Waals surface area contributed by atoms with Crippen LogP contribution in [-0.2, 0) is 9.53 Å². The summed E-state index contributed by atoms with van der Waals surface area (Å²) in [6, 6.07) is 33.3. The first-order valence-electron chi connectivity index (χ1n) is 11.9. The van der Waals surface area contributed by atoms with Gasteiger partial charge in [-0.3, -0.25) is 4.79 Å². The zero-order chi connectivity index (χ0) is 25.6. The molecule has 1 aromatic heterocycles. The molecule has 0 saturated carbocycles. The Labute approximate surface area is 215 Å². The second-order valence-corrected chi connectivity index (χ2v) is 8.51. The topological polar surface area (TPSA) is 68.4 Å². The third-order valence-electron chi connectivity index (χ3n) is 6.13. The summed E-state index contributed by atoms with van der Waals surface area (Å²) in [5, 5.41) is 0.777. The fourth-order valence-electron chi connectivity index (χ4n) is 4.26. The lowest BCUT2D eigenvalue weighted by atomic mass is 9.98. The van der Waals surface area contributed by atoms with Crippen molar-refractivity contribution in [1.29, 1.82) is 0 Å². The molecular formula is C32H25NO4. The van der Waals surface area contributed by atoms with Crippen LogP contribution in [0, 0.1) is 0 Å². The average Bonchev–Trinajstić information content (AvgIpc) is 3.39. The number of hydrogen-bond donors (Lipinski definition) is 1. The largest absolute Gasteiger partial charge is 0.497 e. The van der Waals surface area contributed by atoms with Gasteiger partial charge in [0.05, 0.1) is 12.7 Å². The van der Waals surface area contributed by atoms with Gasteiger partial charge in [0.25, 0.3) is 0 Å². The number of methoxy groups -OCH3 is 1. The van der Waals surface area contributed by atoms with Gasteiger partial charge in [-0.2, -0.15) is 0 Å². The number of ether oxygens (including phenoxy) is 2. The van der Waals surface area contributed by atoms with E-state index in [4.69, 9.17) is 9.47 Å². The van der Waals surface area contributed by atoms with Gasteiger partial charge in [-0.1, -0.05) is 91.0 Å². The van der Waals surface area contributed by atoms with Crippen LogP contribution in [-0.4, -0.2) is 23.8 Å². The third kappa shape index (κ3) is 5.21. The van der Waals surface area contributed by atoms with Crippen LogP contribution < -0.4 is 4.74 Å². The summed E-state index contributed by atoms with van der Waals surface area (Å²) in [5.41, 5.74) is 3.69. The molecule has 0 fully saturated rings. The van der Waals surface area contributed by atoms with Crippen molar-refractivity contribution < 1.29 is 19.1 Å². The molecule has 0 unspecified atom stereocenters. The molecule has 0 amide bonds. The summed E-state index contributed by atoms with van der Waals surface area (Å²) in [5.74, 6) is -0.229. The van der Waals surface area contributed by atoms with E-state index in [0.29, 0.717) is 28.0 Å². The maximum absolute atomic E-state index is 13.8. The number of para-hydroxylation sites is 1. The van der Waals surface area contributed by atoms with Gasteiger partial charge in [0.1, 0.15) is 5.75 Å². The summed E-state index contributed by atoms with van der Waals surface area (Å²) in [6.45, 7) is 0. The molecule has 0 aliphatic rings. The molecule has 1 N–H and O–H groups in total. The van der Waals surface area contributed by atoms with Crippen LogP contribution in [0.5, 0.6) is 5.75 Å². The van der Waals surface area contributed by atoms with Crippen molar-refractivity contribution >= 4 is 34.3 Å². The monoisotopic (exact) mass is 487 g/mol. The summed E-state index contributed by atoms with van der Waals surface area (Å²) in [4.78, 5) is 30.7. The van der Waals surface area contributed by atoms with E-state index in [9.17, 15) is 9.59 Å². The van der Waals surface area contributed by atoms with Crippen molar-refractivity contribution in [2.75, 3.05) is 7.11 Å². The second kappa shape index (κ2) is 10.8. The van der Waals surface area contributed by atoms with E-state index in [1.807, 2.05) is 97.1 Å². The van der Waals surface area contributed by atoms with Crippen LogP contribution in [0.4, 0.5) is 0 Å². The molecule has 0 spiro atoms. The molecular weight excluding hydrogens is 462 g/mol. The van der Waals surface area contributed by atoms with Crippen LogP contribution in [0.2, 0.25) is 0 Å². The first-order valence-corrected chi connectivity index (χ1v) is 11.9. The van der Waals surface area contributed by atoms with Crippen LogP contribution in [0.3, 0.4) is 0 Å². The fraction of sp³-hybridized carbons (Fsp3) is 0.0625. The molecule has 37 heavy (non-hydrogen) atoms. The maximum Gasteiger partial charge on any atom is 0.339 e. The van der Waals surface area contributed by atoms with E-state index in [1.54, 1.807) is 31.5 Å². The fourth-order valence-corrected chi connectivity index (χ4v) is 4.26. The number of hydrogen-bond acceptors (Lipinski definition) is 4. The number of aromatic amines is 1. The van der Waals surface area contributed by atoms with E-state index >= 15 is 0 Å². The Kier molecular flexibility index (Phi) is 6.95. The molecule has 0 aliphatic heterocycles. The number of esters is 1. The molecule has 0 bridgehead atoms. The van der Waals surface area contributed by atoms with Crippen molar-refractivity contribution in [2.24, 2.45) is 0 Å². The number of H-pyrrole nitrogens is 1. The van der Waals surface area contributed by atoms with Crippen molar-refractivity contribution in [1.82, 2.24) is 4.98 Å². The zero-order valence-corrected chi connectivity index (χ0v) is 20.3. The standard InChI is InChI=1S/C32H25NO4/c1-36-25-16-10-11-22(19-25)20-27(23-12-4-2-5-13-23)32(35)37-31(24-14-6-3-7-15-24)30(34)28-21-33-29-18-9-8-17-26(28)29/h2-21,31,33H,1H3/b27-20+/t31-/m1/s1. The molecule has 1 atom stereocenters. The SMILES string of the molecule is COc1cccc(/C=C(/C(=O)O[C@@H](C(=O)c2c[nH]c3ccccc23)c2ccccc2)c2ccccc2)c1. The van der Waals surface area contributed by atoms with Gasteiger partial charge in [0.2, 0.25) is 5.78 Å². The lowest BCUT2D eigenvalue weighted by Crippen LogP contribution is -2.21. The molecule has 5 rings (SSSR count). The summed E-state index contributed by atoms with van der Waals surface area (Å²) in [7, 11) is 1.59. The molecule has 0 saturated heterocycles. The highest BCUT2D eigenvalue weighted by atomic mass is 16.5. The Bertz CT molecular complexity index is 1570. The van der Waals surface area contributed by atoms with Crippen LogP contribution >= 0.6 is 0 Å². The van der Waals surface area contributed by atoms with E-state index in [0.717, 1.165) is 16.5 Å². The number of benzene rings is 4. The van der Waals surface area contributed by atoms with E-state index in [-0.39, 0.29) is 5.78 Å². The van der Waals surface area contributed by atoms with E-state index in [1.165, 1.54) is 0 Å². The zero-order valence-electron chi connectivity index (χ0n) is 20.3. The van der Waals surface area contributed by atoms with Gasteiger partial charge in [-0.25, -0.2) is 4.79 Å². The normalized spacial score (nSPS) is 12.2. The van der Waals surface area contributed by atoms with Gasteiger partial charge in [-0.15, -0.1) is 0 Å². The van der Waals surface area contributed by atoms with Crippen molar-refractivity contribution in [2.45, 2.75) is 6.10 Å². The predicted molar refractivity (Wildman–Crippen MR) is 145 cm³/mol. The maximum atomic E-state index is 13.8.